The summed E-state index contributed by atoms with van der Waals surface area (Å²) in [4.78, 5) is 11.4. The third-order valence-corrected chi connectivity index (χ3v) is 4.39. The minimum atomic E-state index is 0.187. The van der Waals surface area contributed by atoms with Crippen LogP contribution in [-0.4, -0.2) is 25.5 Å². The van der Waals surface area contributed by atoms with Gasteiger partial charge in [-0.05, 0) is 50.0 Å². The lowest BCUT2D eigenvalue weighted by molar-refractivity contribution is -0.120. The third-order valence-electron chi connectivity index (χ3n) is 4.39. The third kappa shape index (κ3) is 3.70. The van der Waals surface area contributed by atoms with E-state index in [1.54, 1.807) is 0 Å². The molecule has 0 spiro atoms. The number of amides is 1. The van der Waals surface area contributed by atoms with Gasteiger partial charge in [-0.3, -0.25) is 4.79 Å². The van der Waals surface area contributed by atoms with Crippen LogP contribution in [0, 0.1) is 17.8 Å². The van der Waals surface area contributed by atoms with Crippen LogP contribution in [0.15, 0.2) is 0 Å². The highest BCUT2D eigenvalue weighted by molar-refractivity contribution is 5.75. The smallest absolute Gasteiger partial charge is 0.221 e. The lowest BCUT2D eigenvalue weighted by Gasteiger charge is -2.21. The van der Waals surface area contributed by atoms with Crippen LogP contribution in [0.4, 0.5) is 0 Å². The van der Waals surface area contributed by atoms with Gasteiger partial charge in [0.1, 0.15) is 0 Å². The molecule has 17 heavy (non-hydrogen) atoms. The highest BCUT2D eigenvalue weighted by Crippen LogP contribution is 2.47. The minimum absolute atomic E-state index is 0.187. The molecule has 3 atom stereocenters. The lowest BCUT2D eigenvalue weighted by atomic mass is 9.89. The maximum absolute atomic E-state index is 11.4. The van der Waals surface area contributed by atoms with Gasteiger partial charge in [0.25, 0.3) is 0 Å². The van der Waals surface area contributed by atoms with E-state index in [0.717, 1.165) is 43.8 Å². The Morgan fingerprint density at radius 3 is 2.76 bits per heavy atom. The van der Waals surface area contributed by atoms with Gasteiger partial charge in [-0.2, -0.15) is 0 Å². The molecule has 3 heteroatoms. The van der Waals surface area contributed by atoms with Crippen molar-refractivity contribution in [3.8, 4) is 0 Å². The van der Waals surface area contributed by atoms with E-state index in [-0.39, 0.29) is 5.91 Å². The molecule has 0 heterocycles. The SMILES string of the molecule is CCCNC(=O)CCNCC1CC2CCC1C2. The van der Waals surface area contributed by atoms with Crippen LogP contribution < -0.4 is 10.6 Å². The minimum Gasteiger partial charge on any atom is -0.356 e. The highest BCUT2D eigenvalue weighted by atomic mass is 16.1. The summed E-state index contributed by atoms with van der Waals surface area (Å²) in [6, 6.07) is 0. The van der Waals surface area contributed by atoms with E-state index in [4.69, 9.17) is 0 Å². The van der Waals surface area contributed by atoms with Crippen LogP contribution >= 0.6 is 0 Å². The zero-order valence-electron chi connectivity index (χ0n) is 11.0. The summed E-state index contributed by atoms with van der Waals surface area (Å²) in [6.45, 7) is 4.85. The topological polar surface area (TPSA) is 41.1 Å². The fraction of sp³-hybridized carbons (Fsp3) is 0.929. The predicted octanol–water partition coefficient (Wildman–Crippen LogP) is 1.93. The summed E-state index contributed by atoms with van der Waals surface area (Å²) in [5, 5.41) is 6.37. The standard InChI is InChI=1S/C14H26N2O/c1-2-6-16-14(17)5-7-15-10-13-9-11-3-4-12(13)8-11/h11-13,15H,2-10H2,1H3,(H,16,17). The Bertz CT molecular complexity index is 255. The molecule has 0 aromatic carbocycles. The van der Waals surface area contributed by atoms with Crippen LogP contribution in [0.25, 0.3) is 0 Å². The molecule has 2 bridgehead atoms. The lowest BCUT2D eigenvalue weighted by Crippen LogP contribution is -2.31. The van der Waals surface area contributed by atoms with Crippen molar-refractivity contribution in [2.45, 2.75) is 45.4 Å². The van der Waals surface area contributed by atoms with Crippen LogP contribution in [0.2, 0.25) is 0 Å². The first-order chi connectivity index (χ1) is 8.29. The fourth-order valence-electron chi connectivity index (χ4n) is 3.47. The molecule has 3 unspecified atom stereocenters. The molecule has 0 saturated heterocycles. The normalized spacial score (nSPS) is 30.8. The quantitative estimate of drug-likeness (QED) is 0.665. The van der Waals surface area contributed by atoms with Gasteiger partial charge in [-0.1, -0.05) is 13.3 Å². The van der Waals surface area contributed by atoms with Gasteiger partial charge in [0.2, 0.25) is 5.91 Å². The number of carbonyl (C=O) groups is 1. The first-order valence-corrected chi connectivity index (χ1v) is 7.27. The highest BCUT2D eigenvalue weighted by Gasteiger charge is 2.38. The molecular formula is C14H26N2O. The van der Waals surface area contributed by atoms with Gasteiger partial charge in [0.15, 0.2) is 0 Å². The molecule has 2 N–H and O–H groups in total. The van der Waals surface area contributed by atoms with Crippen molar-refractivity contribution in [3.63, 3.8) is 0 Å². The van der Waals surface area contributed by atoms with Crippen molar-refractivity contribution >= 4 is 5.91 Å². The molecule has 98 valence electrons. The molecule has 2 saturated carbocycles. The van der Waals surface area contributed by atoms with E-state index >= 15 is 0 Å². The second-order valence-corrected chi connectivity index (χ2v) is 5.74. The summed E-state index contributed by atoms with van der Waals surface area (Å²) >= 11 is 0. The number of hydrogen-bond acceptors (Lipinski definition) is 2. The second kappa shape index (κ2) is 6.39. The van der Waals surface area contributed by atoms with E-state index in [0.29, 0.717) is 6.42 Å². The molecule has 0 aliphatic heterocycles. The Morgan fingerprint density at radius 2 is 2.12 bits per heavy atom. The van der Waals surface area contributed by atoms with Crippen molar-refractivity contribution in [2.75, 3.05) is 19.6 Å². The zero-order chi connectivity index (χ0) is 12.1. The average molecular weight is 238 g/mol. The van der Waals surface area contributed by atoms with E-state index in [1.165, 1.54) is 25.7 Å². The molecule has 0 radical (unpaired) electrons. The van der Waals surface area contributed by atoms with E-state index in [1.807, 2.05) is 0 Å². The van der Waals surface area contributed by atoms with Crippen molar-refractivity contribution in [2.24, 2.45) is 17.8 Å². The Labute approximate surface area is 105 Å². The molecule has 2 aliphatic carbocycles. The molecule has 2 fully saturated rings. The average Bonchev–Trinajstić information content (AvgIpc) is 2.94. The monoisotopic (exact) mass is 238 g/mol. The fourth-order valence-corrected chi connectivity index (χ4v) is 3.47. The van der Waals surface area contributed by atoms with Gasteiger partial charge < -0.3 is 10.6 Å². The van der Waals surface area contributed by atoms with E-state index in [2.05, 4.69) is 17.6 Å². The van der Waals surface area contributed by atoms with Crippen molar-refractivity contribution < 1.29 is 4.79 Å². The number of carbonyl (C=O) groups excluding carboxylic acids is 1. The maximum atomic E-state index is 11.4. The number of nitrogens with one attached hydrogen (secondary N) is 2. The van der Waals surface area contributed by atoms with Crippen molar-refractivity contribution in [1.82, 2.24) is 10.6 Å². The van der Waals surface area contributed by atoms with Gasteiger partial charge >= 0.3 is 0 Å². The summed E-state index contributed by atoms with van der Waals surface area (Å²) in [5.74, 6) is 3.10. The van der Waals surface area contributed by atoms with E-state index in [9.17, 15) is 4.79 Å². The van der Waals surface area contributed by atoms with E-state index < -0.39 is 0 Å². The van der Waals surface area contributed by atoms with Crippen LogP contribution in [0.1, 0.15) is 45.4 Å². The Balaban J connectivity index is 1.50. The summed E-state index contributed by atoms with van der Waals surface area (Å²) in [6.07, 6.45) is 7.47. The Kier molecular flexibility index (Phi) is 4.84. The Morgan fingerprint density at radius 1 is 1.24 bits per heavy atom. The molecule has 0 aromatic rings. The van der Waals surface area contributed by atoms with Crippen molar-refractivity contribution in [1.29, 1.82) is 0 Å². The molecule has 1 amide bonds. The molecule has 0 aromatic heterocycles. The number of rotatable bonds is 7. The summed E-state index contributed by atoms with van der Waals surface area (Å²) in [7, 11) is 0. The molecule has 2 aliphatic rings. The van der Waals surface area contributed by atoms with Crippen LogP contribution in [0.5, 0.6) is 0 Å². The molecule has 2 rings (SSSR count). The summed E-state index contributed by atoms with van der Waals surface area (Å²) < 4.78 is 0. The first kappa shape index (κ1) is 12.9. The van der Waals surface area contributed by atoms with Gasteiger partial charge in [0.05, 0.1) is 0 Å². The number of fused-ring (bicyclic) bond motifs is 2. The van der Waals surface area contributed by atoms with Gasteiger partial charge in [-0.25, -0.2) is 0 Å². The Hall–Kier alpha value is -0.570. The van der Waals surface area contributed by atoms with Gasteiger partial charge in [-0.15, -0.1) is 0 Å². The number of hydrogen-bond donors (Lipinski definition) is 2. The predicted molar refractivity (Wildman–Crippen MR) is 69.7 cm³/mol. The largest absolute Gasteiger partial charge is 0.356 e. The zero-order valence-corrected chi connectivity index (χ0v) is 11.0. The molecule has 3 nitrogen and oxygen atoms in total. The van der Waals surface area contributed by atoms with Crippen molar-refractivity contribution in [3.05, 3.63) is 0 Å². The maximum Gasteiger partial charge on any atom is 0.221 e. The summed E-state index contributed by atoms with van der Waals surface area (Å²) in [5.41, 5.74) is 0. The first-order valence-electron chi connectivity index (χ1n) is 7.27. The van der Waals surface area contributed by atoms with Crippen LogP contribution in [0.3, 0.4) is 0 Å². The molecular weight excluding hydrogens is 212 g/mol. The second-order valence-electron chi connectivity index (χ2n) is 5.74. The van der Waals surface area contributed by atoms with Gasteiger partial charge in [0, 0.05) is 19.5 Å². The van der Waals surface area contributed by atoms with Crippen LogP contribution in [-0.2, 0) is 4.79 Å².